The highest BCUT2D eigenvalue weighted by atomic mass is 16.1. The zero-order chi connectivity index (χ0) is 11.5. The van der Waals surface area contributed by atoms with Crippen LogP contribution in [0.3, 0.4) is 0 Å². The van der Waals surface area contributed by atoms with Crippen LogP contribution in [0.5, 0.6) is 0 Å². The number of rotatable bonds is 3. The summed E-state index contributed by atoms with van der Waals surface area (Å²) in [4.78, 5) is 10.7. The van der Waals surface area contributed by atoms with Crippen molar-refractivity contribution in [2.45, 2.75) is 19.9 Å². The van der Waals surface area contributed by atoms with Crippen LogP contribution in [0.15, 0.2) is 36.4 Å². The number of anilines is 1. The van der Waals surface area contributed by atoms with Crippen LogP contribution in [0.4, 0.5) is 5.69 Å². The van der Waals surface area contributed by atoms with Crippen molar-refractivity contribution in [1.29, 1.82) is 0 Å². The molecule has 0 fully saturated rings. The van der Waals surface area contributed by atoms with Crippen LogP contribution in [0.25, 0.3) is 10.8 Å². The number of hydrogen-bond donors (Lipinski definition) is 1. The van der Waals surface area contributed by atoms with E-state index in [1.165, 1.54) is 5.39 Å². The molecule has 82 valence electrons. The number of aldehydes is 1. The fourth-order valence-electron chi connectivity index (χ4n) is 1.83. The summed E-state index contributed by atoms with van der Waals surface area (Å²) in [7, 11) is 0. The summed E-state index contributed by atoms with van der Waals surface area (Å²) < 4.78 is 0. The largest absolute Gasteiger partial charge is 0.375 e. The van der Waals surface area contributed by atoms with Gasteiger partial charge in [-0.05, 0) is 24.8 Å². The summed E-state index contributed by atoms with van der Waals surface area (Å²) in [6.07, 6.45) is 0.918. The maximum Gasteiger partial charge on any atom is 0.141 e. The molecule has 2 aromatic rings. The summed E-state index contributed by atoms with van der Waals surface area (Å²) in [5.74, 6) is 0. The predicted octanol–water partition coefficient (Wildman–Crippen LogP) is 3.15. The van der Waals surface area contributed by atoms with E-state index in [1.807, 2.05) is 26.0 Å². The molecule has 0 heterocycles. The van der Waals surface area contributed by atoms with Crippen LogP contribution in [-0.4, -0.2) is 12.3 Å². The van der Waals surface area contributed by atoms with Crippen LogP contribution in [0.2, 0.25) is 0 Å². The van der Waals surface area contributed by atoms with E-state index < -0.39 is 0 Å². The zero-order valence-corrected chi connectivity index (χ0v) is 9.53. The Labute approximate surface area is 95.3 Å². The molecule has 0 radical (unpaired) electrons. The number of benzene rings is 2. The topological polar surface area (TPSA) is 29.1 Å². The van der Waals surface area contributed by atoms with Gasteiger partial charge in [-0.25, -0.2) is 0 Å². The van der Waals surface area contributed by atoms with Crippen molar-refractivity contribution in [3.63, 3.8) is 0 Å². The third-order valence-electron chi connectivity index (χ3n) is 2.71. The minimum Gasteiger partial charge on any atom is -0.375 e. The molecule has 16 heavy (non-hydrogen) atoms. The van der Waals surface area contributed by atoms with Gasteiger partial charge >= 0.3 is 0 Å². The maximum absolute atomic E-state index is 10.7. The maximum atomic E-state index is 10.7. The highest BCUT2D eigenvalue weighted by Crippen LogP contribution is 2.27. The monoisotopic (exact) mass is 213 g/mol. The molecule has 0 aliphatic rings. The summed E-state index contributed by atoms with van der Waals surface area (Å²) in [6.45, 7) is 3.90. The summed E-state index contributed by atoms with van der Waals surface area (Å²) in [5, 5.41) is 5.59. The molecule has 0 saturated carbocycles. The van der Waals surface area contributed by atoms with Gasteiger partial charge in [0.25, 0.3) is 0 Å². The van der Waals surface area contributed by atoms with Gasteiger partial charge in [-0.15, -0.1) is 0 Å². The first kappa shape index (κ1) is 10.7. The fraction of sp³-hybridized carbons (Fsp3) is 0.214. The summed E-state index contributed by atoms with van der Waals surface area (Å²) in [6, 6.07) is 12.2. The molecule has 0 aromatic heterocycles. The molecule has 2 aromatic carbocycles. The Kier molecular flexibility index (Phi) is 2.91. The molecule has 1 N–H and O–H groups in total. The normalized spacial score (nSPS) is 12.4. The minimum atomic E-state index is -0.162. The lowest BCUT2D eigenvalue weighted by molar-refractivity contribution is -0.108. The second-order valence-electron chi connectivity index (χ2n) is 4.05. The Bertz CT molecular complexity index is 519. The van der Waals surface area contributed by atoms with Crippen LogP contribution >= 0.6 is 0 Å². The summed E-state index contributed by atoms with van der Waals surface area (Å²) in [5.41, 5.74) is 2.21. The minimum absolute atomic E-state index is 0.162. The van der Waals surface area contributed by atoms with Gasteiger partial charge in [-0.2, -0.15) is 0 Å². The standard InChI is InChI=1S/C14H15NO/c1-10-7-8-12-5-3-4-6-13(12)14(10)15-11(2)9-16/h3-9,11,15H,1-2H3. The Morgan fingerprint density at radius 3 is 2.69 bits per heavy atom. The lowest BCUT2D eigenvalue weighted by Crippen LogP contribution is -2.17. The van der Waals surface area contributed by atoms with Gasteiger partial charge in [-0.3, -0.25) is 0 Å². The molecule has 2 heteroatoms. The lowest BCUT2D eigenvalue weighted by atomic mass is 10.0. The number of aryl methyl sites for hydroxylation is 1. The number of carbonyl (C=O) groups excluding carboxylic acids is 1. The number of carbonyl (C=O) groups is 1. The molecular formula is C14H15NO. The first-order chi connectivity index (χ1) is 7.72. The quantitative estimate of drug-likeness (QED) is 0.793. The Balaban J connectivity index is 2.56. The molecule has 1 unspecified atom stereocenters. The fourth-order valence-corrected chi connectivity index (χ4v) is 1.83. The van der Waals surface area contributed by atoms with Crippen molar-refractivity contribution in [2.75, 3.05) is 5.32 Å². The first-order valence-electron chi connectivity index (χ1n) is 5.42. The van der Waals surface area contributed by atoms with Crippen molar-refractivity contribution in [2.24, 2.45) is 0 Å². The average molecular weight is 213 g/mol. The zero-order valence-electron chi connectivity index (χ0n) is 9.53. The van der Waals surface area contributed by atoms with E-state index in [0.717, 1.165) is 22.9 Å². The van der Waals surface area contributed by atoms with E-state index in [1.54, 1.807) is 0 Å². The van der Waals surface area contributed by atoms with E-state index >= 15 is 0 Å². The van der Waals surface area contributed by atoms with Crippen molar-refractivity contribution >= 4 is 22.7 Å². The second-order valence-corrected chi connectivity index (χ2v) is 4.05. The molecule has 0 amide bonds. The van der Waals surface area contributed by atoms with E-state index in [0.29, 0.717) is 0 Å². The molecule has 0 bridgehead atoms. The Hall–Kier alpha value is -1.83. The summed E-state index contributed by atoms with van der Waals surface area (Å²) >= 11 is 0. The van der Waals surface area contributed by atoms with Gasteiger partial charge in [-0.1, -0.05) is 36.4 Å². The highest BCUT2D eigenvalue weighted by molar-refractivity contribution is 5.96. The third kappa shape index (κ3) is 1.91. The predicted molar refractivity (Wildman–Crippen MR) is 67.8 cm³/mol. The Morgan fingerprint density at radius 1 is 1.19 bits per heavy atom. The lowest BCUT2D eigenvalue weighted by Gasteiger charge is -2.14. The van der Waals surface area contributed by atoms with Gasteiger partial charge in [0.15, 0.2) is 0 Å². The van der Waals surface area contributed by atoms with Crippen molar-refractivity contribution in [3.8, 4) is 0 Å². The third-order valence-corrected chi connectivity index (χ3v) is 2.71. The molecule has 0 spiro atoms. The van der Waals surface area contributed by atoms with Gasteiger partial charge in [0.1, 0.15) is 6.29 Å². The van der Waals surface area contributed by atoms with Gasteiger partial charge in [0, 0.05) is 11.1 Å². The molecular weight excluding hydrogens is 198 g/mol. The van der Waals surface area contributed by atoms with Crippen LogP contribution in [0.1, 0.15) is 12.5 Å². The smallest absolute Gasteiger partial charge is 0.141 e. The van der Waals surface area contributed by atoms with Crippen molar-refractivity contribution in [3.05, 3.63) is 42.0 Å². The molecule has 0 saturated heterocycles. The number of nitrogens with one attached hydrogen (secondary N) is 1. The molecule has 0 aliphatic heterocycles. The van der Waals surface area contributed by atoms with Gasteiger partial charge in [0.2, 0.25) is 0 Å². The highest BCUT2D eigenvalue weighted by Gasteiger charge is 2.06. The van der Waals surface area contributed by atoms with Crippen LogP contribution in [0, 0.1) is 6.92 Å². The SMILES string of the molecule is Cc1ccc2ccccc2c1NC(C)C=O. The van der Waals surface area contributed by atoms with E-state index in [2.05, 4.69) is 29.6 Å². The average Bonchev–Trinajstić information content (AvgIpc) is 2.32. The van der Waals surface area contributed by atoms with E-state index in [9.17, 15) is 4.79 Å². The Morgan fingerprint density at radius 2 is 1.94 bits per heavy atom. The molecule has 1 atom stereocenters. The first-order valence-corrected chi connectivity index (χ1v) is 5.42. The second kappa shape index (κ2) is 4.35. The van der Waals surface area contributed by atoms with Crippen LogP contribution < -0.4 is 5.32 Å². The number of fused-ring (bicyclic) bond motifs is 1. The van der Waals surface area contributed by atoms with E-state index in [4.69, 9.17) is 0 Å². The van der Waals surface area contributed by atoms with Crippen molar-refractivity contribution < 1.29 is 4.79 Å². The van der Waals surface area contributed by atoms with Gasteiger partial charge in [0.05, 0.1) is 6.04 Å². The van der Waals surface area contributed by atoms with Crippen molar-refractivity contribution in [1.82, 2.24) is 0 Å². The number of hydrogen-bond acceptors (Lipinski definition) is 2. The van der Waals surface area contributed by atoms with E-state index in [-0.39, 0.29) is 6.04 Å². The van der Waals surface area contributed by atoms with Crippen LogP contribution in [-0.2, 0) is 4.79 Å². The van der Waals surface area contributed by atoms with Gasteiger partial charge < -0.3 is 10.1 Å². The molecule has 0 aliphatic carbocycles. The molecule has 2 rings (SSSR count). The molecule has 2 nitrogen and oxygen atoms in total.